The average Bonchev–Trinajstić information content (AvgIpc) is 2.97. The van der Waals surface area contributed by atoms with E-state index in [1.165, 1.54) is 6.20 Å². The van der Waals surface area contributed by atoms with Gasteiger partial charge in [-0.05, 0) is 0 Å². The molecule has 0 atom stereocenters. The molecule has 5 aromatic rings. The molecule has 0 bridgehead atoms. The van der Waals surface area contributed by atoms with Gasteiger partial charge in [0, 0.05) is 0 Å². The van der Waals surface area contributed by atoms with Gasteiger partial charge in [-0.25, -0.2) is 0 Å². The zero-order valence-electron chi connectivity index (χ0n) is 20.4. The summed E-state index contributed by atoms with van der Waals surface area (Å²) in [6, 6.07) is 37.1. The topological polar surface area (TPSA) is 56.3 Å². The van der Waals surface area contributed by atoms with Gasteiger partial charge in [-0.2, -0.15) is 0 Å². The molecule has 0 unspecified atom stereocenters. The van der Waals surface area contributed by atoms with E-state index >= 15 is 0 Å². The maximum atomic E-state index is 14.2. The van der Waals surface area contributed by atoms with Gasteiger partial charge in [-0.1, -0.05) is 0 Å². The van der Waals surface area contributed by atoms with Crippen molar-refractivity contribution in [3.63, 3.8) is 0 Å². The second-order valence-electron chi connectivity index (χ2n) is 8.78. The Kier molecular flexibility index (Phi) is 6.89. The normalized spacial score (nSPS) is 13.4. The van der Waals surface area contributed by atoms with Gasteiger partial charge < -0.3 is 0 Å². The quantitative estimate of drug-likeness (QED) is 0.188. The number of rotatable bonds is 7. The van der Waals surface area contributed by atoms with Crippen LogP contribution >= 0.6 is 6.83 Å². The van der Waals surface area contributed by atoms with Gasteiger partial charge in [0.15, 0.2) is 0 Å². The summed E-state index contributed by atoms with van der Waals surface area (Å²) in [5.74, 6) is 0. The molecule has 4 nitrogen and oxygen atoms in total. The first-order valence-electron chi connectivity index (χ1n) is 11.9. The van der Waals surface area contributed by atoms with Crippen LogP contribution in [0.4, 0.5) is 13.2 Å². The molecule has 0 amide bonds. The summed E-state index contributed by atoms with van der Waals surface area (Å²) >= 11 is 0. The van der Waals surface area contributed by atoms with Crippen LogP contribution in [-0.4, -0.2) is 18.9 Å². The number of hydrogen-bond donors (Lipinski definition) is 0. The number of aromatic nitrogens is 1. The average molecular weight is 566 g/mol. The fourth-order valence-electron chi connectivity index (χ4n) is 4.89. The zero-order chi connectivity index (χ0) is 27.6. The second kappa shape index (κ2) is 10.0. The van der Waals surface area contributed by atoms with Crippen molar-refractivity contribution in [2.75, 3.05) is 0 Å². The standard InChI is InChI=1S/C30H23F3NO3PS/c31-30(32,33)39(35,36)37-38(25-15-7-2-8-16-25,26-17-9-3-10-18-26,27-19-11-4-12-20-27)28-21-22-34-29(23-28)24-13-5-1-6-14-24/h1-23H. The molecule has 1 heterocycles. The molecular formula is C30H23F3NO3PS. The van der Waals surface area contributed by atoms with Gasteiger partial charge in [0.25, 0.3) is 0 Å². The molecule has 0 N–H and O–H groups in total. The first-order chi connectivity index (χ1) is 18.7. The Bertz CT molecular complexity index is 1580. The molecule has 0 radical (unpaired) electrons. The summed E-state index contributed by atoms with van der Waals surface area (Å²) in [7, 11) is -6.15. The van der Waals surface area contributed by atoms with E-state index in [2.05, 4.69) is 4.98 Å². The summed E-state index contributed by atoms with van der Waals surface area (Å²) in [5.41, 5.74) is -4.51. The molecule has 9 heteroatoms. The van der Waals surface area contributed by atoms with Crippen LogP contribution in [0.5, 0.6) is 0 Å². The number of hydrogen-bond acceptors (Lipinski definition) is 4. The van der Waals surface area contributed by atoms with E-state index in [0.29, 0.717) is 27.2 Å². The van der Waals surface area contributed by atoms with Crippen LogP contribution in [0.2, 0.25) is 0 Å². The third-order valence-corrected chi connectivity index (χ3v) is 14.2. The summed E-state index contributed by atoms with van der Waals surface area (Å²) in [4.78, 5) is 4.47. The summed E-state index contributed by atoms with van der Waals surface area (Å²) in [6.45, 7) is -5.15. The molecular weight excluding hydrogens is 542 g/mol. The van der Waals surface area contributed by atoms with Crippen molar-refractivity contribution in [1.82, 2.24) is 4.98 Å². The van der Waals surface area contributed by atoms with Gasteiger partial charge >= 0.3 is 225 Å². The summed E-state index contributed by atoms with van der Waals surface area (Å²) in [6.07, 6.45) is 1.47. The van der Waals surface area contributed by atoms with E-state index < -0.39 is 22.5 Å². The van der Waals surface area contributed by atoms with Crippen LogP contribution in [0.15, 0.2) is 140 Å². The molecule has 0 spiro atoms. The third-order valence-electron chi connectivity index (χ3n) is 6.58. The van der Waals surface area contributed by atoms with E-state index in [1.807, 2.05) is 30.3 Å². The van der Waals surface area contributed by atoms with Crippen molar-refractivity contribution in [2.24, 2.45) is 0 Å². The van der Waals surface area contributed by atoms with Crippen molar-refractivity contribution in [3.05, 3.63) is 140 Å². The van der Waals surface area contributed by atoms with E-state index in [4.69, 9.17) is 3.97 Å². The maximum absolute atomic E-state index is 14.2. The molecule has 39 heavy (non-hydrogen) atoms. The van der Waals surface area contributed by atoms with Crippen LogP contribution in [0.1, 0.15) is 0 Å². The van der Waals surface area contributed by atoms with Gasteiger partial charge in [0.2, 0.25) is 0 Å². The number of nitrogens with zero attached hydrogens (tertiary/aromatic N) is 1. The molecule has 1 aromatic heterocycles. The van der Waals surface area contributed by atoms with E-state index in [1.54, 1.807) is 103 Å². The first kappa shape index (κ1) is 26.8. The Balaban J connectivity index is 2.05. The van der Waals surface area contributed by atoms with Crippen LogP contribution < -0.4 is 21.2 Å². The fourth-order valence-corrected chi connectivity index (χ4v) is 12.9. The van der Waals surface area contributed by atoms with Crippen LogP contribution in [0, 0.1) is 0 Å². The second-order valence-corrected chi connectivity index (χ2v) is 14.9. The Hall–Kier alpha value is -3.84. The van der Waals surface area contributed by atoms with Crippen LogP contribution in [0.25, 0.3) is 11.3 Å². The van der Waals surface area contributed by atoms with Crippen molar-refractivity contribution in [1.29, 1.82) is 0 Å². The molecule has 0 saturated heterocycles. The van der Waals surface area contributed by atoms with Gasteiger partial charge in [-0.15, -0.1) is 0 Å². The molecule has 5 rings (SSSR count). The Labute approximate surface area is 224 Å². The molecule has 4 aromatic carbocycles. The molecule has 0 aliphatic rings. The molecule has 198 valence electrons. The Morgan fingerprint density at radius 3 is 1.41 bits per heavy atom. The molecule has 0 fully saturated rings. The Morgan fingerprint density at radius 2 is 1.00 bits per heavy atom. The van der Waals surface area contributed by atoms with Crippen molar-refractivity contribution < 1.29 is 25.6 Å². The summed E-state index contributed by atoms with van der Waals surface area (Å²) in [5, 5.41) is 1.13. The minimum atomic E-state index is -6.15. The van der Waals surface area contributed by atoms with E-state index in [0.717, 1.165) is 0 Å². The van der Waals surface area contributed by atoms with E-state index in [-0.39, 0.29) is 5.30 Å². The number of alkyl halides is 3. The predicted molar refractivity (Wildman–Crippen MR) is 151 cm³/mol. The van der Waals surface area contributed by atoms with Crippen LogP contribution in [0.3, 0.4) is 0 Å². The fraction of sp³-hybridized carbons (Fsp3) is 0.0333. The minimum absolute atomic E-state index is 0.256. The van der Waals surface area contributed by atoms with Crippen molar-refractivity contribution in [3.8, 4) is 11.3 Å². The van der Waals surface area contributed by atoms with Gasteiger partial charge in [0.1, 0.15) is 0 Å². The zero-order valence-corrected chi connectivity index (χ0v) is 22.2. The van der Waals surface area contributed by atoms with Crippen molar-refractivity contribution in [2.45, 2.75) is 5.51 Å². The summed E-state index contributed by atoms with van der Waals surface area (Å²) < 4.78 is 75.0. The van der Waals surface area contributed by atoms with E-state index in [9.17, 15) is 21.6 Å². The predicted octanol–water partition coefficient (Wildman–Crippen LogP) is 5.68. The number of benzene rings is 4. The molecule has 0 aliphatic carbocycles. The molecule has 0 saturated carbocycles. The SMILES string of the molecule is O=S(=O)(OP(c1ccccc1)(c1ccccc1)(c1ccccc1)c1ccnc(-c2ccccc2)c1)C(F)(F)F. The third kappa shape index (κ3) is 4.35. The van der Waals surface area contributed by atoms with Gasteiger partial charge in [0.05, 0.1) is 0 Å². The number of pyridine rings is 1. The van der Waals surface area contributed by atoms with Crippen molar-refractivity contribution >= 4 is 38.2 Å². The Morgan fingerprint density at radius 1 is 0.590 bits per heavy atom. The van der Waals surface area contributed by atoms with Crippen LogP contribution in [-0.2, 0) is 14.1 Å². The number of halogens is 3. The first-order valence-corrected chi connectivity index (χ1v) is 15.5. The monoisotopic (exact) mass is 565 g/mol. The molecule has 0 aliphatic heterocycles. The van der Waals surface area contributed by atoms with Gasteiger partial charge in [-0.3, -0.25) is 0 Å².